The summed E-state index contributed by atoms with van der Waals surface area (Å²) in [5.74, 6) is 0.470. The number of fused-ring (bicyclic) bond motifs is 1. The van der Waals surface area contributed by atoms with Gasteiger partial charge in [-0.1, -0.05) is 25.4 Å². The number of nitrogens with zero attached hydrogens (tertiary/aromatic N) is 1. The second kappa shape index (κ2) is 3.86. The van der Waals surface area contributed by atoms with Gasteiger partial charge in [-0.3, -0.25) is 5.10 Å². The maximum absolute atomic E-state index is 6.36. The van der Waals surface area contributed by atoms with Crippen molar-refractivity contribution in [1.29, 1.82) is 0 Å². The van der Waals surface area contributed by atoms with Crippen LogP contribution in [0.2, 0.25) is 5.02 Å². The van der Waals surface area contributed by atoms with Crippen LogP contribution in [0.25, 0.3) is 10.9 Å². The van der Waals surface area contributed by atoms with Crippen molar-refractivity contribution in [3.63, 3.8) is 0 Å². The molecule has 0 aliphatic heterocycles. The van der Waals surface area contributed by atoms with Crippen molar-refractivity contribution in [1.82, 2.24) is 10.2 Å². The lowest BCUT2D eigenvalue weighted by Gasteiger charge is -2.14. The van der Waals surface area contributed by atoms with Crippen molar-refractivity contribution < 1.29 is 0 Å². The van der Waals surface area contributed by atoms with E-state index in [1.54, 1.807) is 0 Å². The fourth-order valence-electron chi connectivity index (χ4n) is 1.92. The molecular weight excluding hydrogens is 208 g/mol. The average molecular weight is 223 g/mol. The second-order valence-electron chi connectivity index (χ2n) is 4.06. The Labute approximate surface area is 94.6 Å². The number of nitrogens with one attached hydrogen (secondary N) is 1. The first-order valence-corrected chi connectivity index (χ1v) is 5.65. The maximum Gasteiger partial charge on any atom is 0.0656 e. The van der Waals surface area contributed by atoms with Gasteiger partial charge in [0.05, 0.1) is 11.7 Å². The van der Waals surface area contributed by atoms with Crippen LogP contribution in [0, 0.1) is 6.92 Å². The van der Waals surface area contributed by atoms with Gasteiger partial charge in [0.2, 0.25) is 0 Å². The van der Waals surface area contributed by atoms with Crippen LogP contribution < -0.4 is 0 Å². The van der Waals surface area contributed by atoms with E-state index in [4.69, 9.17) is 11.6 Å². The molecule has 0 spiro atoms. The third-order valence-electron chi connectivity index (χ3n) is 3.01. The van der Waals surface area contributed by atoms with Crippen LogP contribution in [-0.4, -0.2) is 10.2 Å². The summed E-state index contributed by atoms with van der Waals surface area (Å²) in [6.45, 7) is 6.41. The fraction of sp³-hybridized carbons (Fsp3) is 0.417. The Morgan fingerprint density at radius 1 is 1.53 bits per heavy atom. The molecule has 0 fully saturated rings. The Kier molecular flexibility index (Phi) is 2.70. The lowest BCUT2D eigenvalue weighted by molar-refractivity contribution is 0.739. The van der Waals surface area contributed by atoms with Gasteiger partial charge in [-0.25, -0.2) is 0 Å². The number of aromatic amines is 1. The van der Waals surface area contributed by atoms with Gasteiger partial charge in [-0.15, -0.1) is 0 Å². The zero-order valence-corrected chi connectivity index (χ0v) is 10.0. The summed E-state index contributed by atoms with van der Waals surface area (Å²) in [6.07, 6.45) is 2.95. The van der Waals surface area contributed by atoms with Gasteiger partial charge in [0.15, 0.2) is 0 Å². The zero-order chi connectivity index (χ0) is 11.0. The normalized spacial score (nSPS) is 13.3. The van der Waals surface area contributed by atoms with Crippen LogP contribution in [0.4, 0.5) is 0 Å². The molecule has 0 radical (unpaired) electrons. The monoisotopic (exact) mass is 222 g/mol. The van der Waals surface area contributed by atoms with E-state index in [0.29, 0.717) is 5.92 Å². The first-order chi connectivity index (χ1) is 7.15. The lowest BCUT2D eigenvalue weighted by Crippen LogP contribution is -1.95. The minimum atomic E-state index is 0.470. The molecule has 0 aliphatic rings. The molecule has 2 aromatic rings. The van der Waals surface area contributed by atoms with E-state index in [1.165, 1.54) is 5.56 Å². The highest BCUT2D eigenvalue weighted by Crippen LogP contribution is 2.35. The number of aromatic nitrogens is 2. The van der Waals surface area contributed by atoms with Gasteiger partial charge in [-0.2, -0.15) is 5.10 Å². The van der Waals surface area contributed by atoms with Crippen LogP contribution >= 0.6 is 11.6 Å². The van der Waals surface area contributed by atoms with Gasteiger partial charge in [-0.05, 0) is 36.5 Å². The van der Waals surface area contributed by atoms with Crippen molar-refractivity contribution >= 4 is 22.5 Å². The third kappa shape index (κ3) is 1.63. The molecule has 1 unspecified atom stereocenters. The molecule has 0 amide bonds. The van der Waals surface area contributed by atoms with E-state index < -0.39 is 0 Å². The second-order valence-corrected chi connectivity index (χ2v) is 4.44. The topological polar surface area (TPSA) is 28.7 Å². The van der Waals surface area contributed by atoms with Gasteiger partial charge < -0.3 is 0 Å². The van der Waals surface area contributed by atoms with E-state index in [2.05, 4.69) is 30.1 Å². The number of rotatable bonds is 2. The van der Waals surface area contributed by atoms with E-state index >= 15 is 0 Å². The predicted octanol–water partition coefficient (Wildman–Crippen LogP) is 4.04. The molecule has 3 heteroatoms. The van der Waals surface area contributed by atoms with Crippen LogP contribution in [-0.2, 0) is 0 Å². The van der Waals surface area contributed by atoms with Crippen molar-refractivity contribution in [2.75, 3.05) is 0 Å². The quantitative estimate of drug-likeness (QED) is 0.817. The summed E-state index contributed by atoms with van der Waals surface area (Å²) in [5, 5.41) is 9.12. The third-order valence-corrected chi connectivity index (χ3v) is 3.51. The molecule has 1 N–H and O–H groups in total. The molecule has 15 heavy (non-hydrogen) atoms. The predicted molar refractivity (Wildman–Crippen MR) is 64.5 cm³/mol. The lowest BCUT2D eigenvalue weighted by atomic mass is 9.94. The Balaban J connectivity index is 2.77. The van der Waals surface area contributed by atoms with Crippen molar-refractivity contribution in [3.8, 4) is 0 Å². The summed E-state index contributed by atoms with van der Waals surface area (Å²) in [6, 6.07) is 2.05. The molecule has 1 aromatic carbocycles. The van der Waals surface area contributed by atoms with E-state index in [0.717, 1.165) is 27.9 Å². The van der Waals surface area contributed by atoms with E-state index in [9.17, 15) is 0 Å². The molecule has 1 heterocycles. The fourth-order valence-corrected chi connectivity index (χ4v) is 2.26. The molecular formula is C12H15ClN2. The highest BCUT2D eigenvalue weighted by Gasteiger charge is 2.15. The number of halogens is 1. The number of aryl methyl sites for hydroxylation is 1. The molecule has 0 bridgehead atoms. The minimum absolute atomic E-state index is 0.470. The van der Waals surface area contributed by atoms with Crippen LogP contribution in [0.3, 0.4) is 0 Å². The van der Waals surface area contributed by atoms with Gasteiger partial charge >= 0.3 is 0 Å². The van der Waals surface area contributed by atoms with E-state index in [1.807, 2.05) is 13.1 Å². The minimum Gasteiger partial charge on any atom is -0.278 e. The zero-order valence-electron chi connectivity index (χ0n) is 9.26. The standard InChI is InChI=1S/C12H15ClN2/c1-4-7(2)11-9-6-14-15-10(9)5-8(3)12(11)13/h5-7H,4H2,1-3H3,(H,14,15). The maximum atomic E-state index is 6.36. The van der Waals surface area contributed by atoms with Gasteiger partial charge in [0.1, 0.15) is 0 Å². The smallest absolute Gasteiger partial charge is 0.0656 e. The molecule has 0 saturated carbocycles. The number of benzene rings is 1. The summed E-state index contributed by atoms with van der Waals surface area (Å²) in [7, 11) is 0. The summed E-state index contributed by atoms with van der Waals surface area (Å²) in [4.78, 5) is 0. The summed E-state index contributed by atoms with van der Waals surface area (Å²) < 4.78 is 0. The Morgan fingerprint density at radius 3 is 2.93 bits per heavy atom. The average Bonchev–Trinajstić information content (AvgIpc) is 2.66. The number of hydrogen-bond donors (Lipinski definition) is 1. The van der Waals surface area contributed by atoms with Crippen molar-refractivity contribution in [3.05, 3.63) is 28.4 Å². The molecule has 80 valence electrons. The van der Waals surface area contributed by atoms with Crippen LogP contribution in [0.5, 0.6) is 0 Å². The Hall–Kier alpha value is -1.02. The highest BCUT2D eigenvalue weighted by atomic mass is 35.5. The first kappa shape index (κ1) is 10.5. The summed E-state index contributed by atoms with van der Waals surface area (Å²) >= 11 is 6.36. The Morgan fingerprint density at radius 2 is 2.27 bits per heavy atom. The molecule has 0 aliphatic carbocycles. The SMILES string of the molecule is CCC(C)c1c(Cl)c(C)cc2[nH]ncc12. The number of hydrogen-bond acceptors (Lipinski definition) is 1. The first-order valence-electron chi connectivity index (χ1n) is 5.27. The molecule has 1 atom stereocenters. The summed E-state index contributed by atoms with van der Waals surface area (Å²) in [5.41, 5.74) is 3.42. The molecule has 2 rings (SSSR count). The molecule has 0 saturated heterocycles. The van der Waals surface area contributed by atoms with Crippen molar-refractivity contribution in [2.45, 2.75) is 33.1 Å². The van der Waals surface area contributed by atoms with Crippen LogP contribution in [0.15, 0.2) is 12.3 Å². The van der Waals surface area contributed by atoms with Gasteiger partial charge in [0, 0.05) is 10.4 Å². The van der Waals surface area contributed by atoms with Crippen LogP contribution in [0.1, 0.15) is 37.3 Å². The van der Waals surface area contributed by atoms with Gasteiger partial charge in [0.25, 0.3) is 0 Å². The Bertz CT molecular complexity index is 488. The largest absolute Gasteiger partial charge is 0.278 e. The molecule has 1 aromatic heterocycles. The highest BCUT2D eigenvalue weighted by molar-refractivity contribution is 6.33. The van der Waals surface area contributed by atoms with Crippen molar-refractivity contribution in [2.24, 2.45) is 0 Å². The van der Waals surface area contributed by atoms with E-state index in [-0.39, 0.29) is 0 Å². The molecule has 2 nitrogen and oxygen atoms in total. The number of H-pyrrole nitrogens is 1.